The van der Waals surface area contributed by atoms with Crippen LogP contribution in [0.15, 0.2) is 42.5 Å². The van der Waals surface area contributed by atoms with Gasteiger partial charge in [-0.3, -0.25) is 9.59 Å². The van der Waals surface area contributed by atoms with Crippen LogP contribution in [0.3, 0.4) is 0 Å². The van der Waals surface area contributed by atoms with Gasteiger partial charge in [0.1, 0.15) is 0 Å². The Morgan fingerprint density at radius 3 is 2.86 bits per heavy atom. The highest BCUT2D eigenvalue weighted by atomic mass is 35.5. The van der Waals surface area contributed by atoms with E-state index in [0.717, 1.165) is 16.8 Å². The van der Waals surface area contributed by atoms with E-state index in [0.29, 0.717) is 23.6 Å². The molecule has 0 saturated heterocycles. The van der Waals surface area contributed by atoms with Crippen LogP contribution in [0, 0.1) is 0 Å². The second kappa shape index (κ2) is 6.20. The first-order chi connectivity index (χ1) is 10.6. The Labute approximate surface area is 133 Å². The fourth-order valence-electron chi connectivity index (χ4n) is 2.50. The topological polar surface area (TPSA) is 58.2 Å². The molecule has 2 aromatic rings. The van der Waals surface area contributed by atoms with Crippen LogP contribution in [0.4, 0.5) is 11.4 Å². The van der Waals surface area contributed by atoms with E-state index in [1.807, 2.05) is 18.2 Å². The molecule has 4 nitrogen and oxygen atoms in total. The van der Waals surface area contributed by atoms with Crippen LogP contribution in [0.25, 0.3) is 0 Å². The lowest BCUT2D eigenvalue weighted by Crippen LogP contribution is -2.19. The number of halogens is 1. The number of carbonyl (C=O) groups excluding carboxylic acids is 2. The van der Waals surface area contributed by atoms with Crippen LogP contribution in [-0.4, -0.2) is 11.8 Å². The summed E-state index contributed by atoms with van der Waals surface area (Å²) in [6, 6.07) is 12.8. The first-order valence-corrected chi connectivity index (χ1v) is 7.45. The second-order valence-electron chi connectivity index (χ2n) is 5.27. The third kappa shape index (κ3) is 3.46. The third-order valence-corrected chi connectivity index (χ3v) is 3.77. The Morgan fingerprint density at radius 2 is 2.05 bits per heavy atom. The van der Waals surface area contributed by atoms with Crippen molar-refractivity contribution in [3.63, 3.8) is 0 Å². The lowest BCUT2D eigenvalue weighted by molar-refractivity contribution is -0.117. The molecule has 0 atom stereocenters. The molecular weight excluding hydrogens is 300 g/mol. The summed E-state index contributed by atoms with van der Waals surface area (Å²) in [5.41, 5.74) is 3.53. The Balaban J connectivity index is 1.68. The summed E-state index contributed by atoms with van der Waals surface area (Å²) < 4.78 is 0. The zero-order valence-corrected chi connectivity index (χ0v) is 12.6. The number of amides is 2. The summed E-state index contributed by atoms with van der Waals surface area (Å²) in [7, 11) is 0. The van der Waals surface area contributed by atoms with Crippen LogP contribution >= 0.6 is 11.6 Å². The number of fused-ring (bicyclic) bond motifs is 1. The molecule has 5 heteroatoms. The normalized spacial score (nSPS) is 13.2. The van der Waals surface area contributed by atoms with E-state index < -0.39 is 0 Å². The molecule has 2 N–H and O–H groups in total. The van der Waals surface area contributed by atoms with Crippen molar-refractivity contribution in [2.75, 3.05) is 10.6 Å². The minimum Gasteiger partial charge on any atom is -0.326 e. The van der Waals surface area contributed by atoms with Gasteiger partial charge in [0.15, 0.2) is 0 Å². The Hall–Kier alpha value is -2.33. The summed E-state index contributed by atoms with van der Waals surface area (Å²) >= 11 is 5.89. The molecule has 0 spiro atoms. The van der Waals surface area contributed by atoms with Crippen LogP contribution in [0.1, 0.15) is 17.5 Å². The molecule has 0 aromatic heterocycles. The van der Waals surface area contributed by atoms with Crippen molar-refractivity contribution in [2.24, 2.45) is 0 Å². The summed E-state index contributed by atoms with van der Waals surface area (Å²) in [6.07, 6.45) is 1.49. The van der Waals surface area contributed by atoms with Gasteiger partial charge in [-0.25, -0.2) is 0 Å². The average molecular weight is 315 g/mol. The molecule has 22 heavy (non-hydrogen) atoms. The number of nitrogens with one attached hydrogen (secondary N) is 2. The molecule has 0 unspecified atom stereocenters. The lowest BCUT2D eigenvalue weighted by Gasteiger charge is -2.17. The van der Waals surface area contributed by atoms with Crippen LogP contribution in [-0.2, 0) is 22.4 Å². The van der Waals surface area contributed by atoms with Gasteiger partial charge in [-0.15, -0.1) is 0 Å². The summed E-state index contributed by atoms with van der Waals surface area (Å²) in [5.74, 6) is -0.0546. The molecule has 0 radical (unpaired) electrons. The van der Waals surface area contributed by atoms with Crippen molar-refractivity contribution >= 4 is 34.8 Å². The minimum absolute atomic E-state index is 0.0407. The van der Waals surface area contributed by atoms with Gasteiger partial charge in [0.25, 0.3) is 0 Å². The molecule has 0 bridgehead atoms. The van der Waals surface area contributed by atoms with Gasteiger partial charge in [0, 0.05) is 22.8 Å². The van der Waals surface area contributed by atoms with Gasteiger partial charge in [-0.1, -0.05) is 29.8 Å². The molecule has 0 aliphatic carbocycles. The Kier molecular flexibility index (Phi) is 4.11. The molecule has 0 fully saturated rings. The Morgan fingerprint density at radius 1 is 1.18 bits per heavy atom. The maximum Gasteiger partial charge on any atom is 0.228 e. The number of aryl methyl sites for hydroxylation is 1. The van der Waals surface area contributed by atoms with E-state index in [2.05, 4.69) is 10.6 Å². The maximum absolute atomic E-state index is 12.1. The van der Waals surface area contributed by atoms with Crippen molar-refractivity contribution in [1.82, 2.24) is 0 Å². The Bertz CT molecular complexity index is 743. The van der Waals surface area contributed by atoms with Crippen LogP contribution in [0.5, 0.6) is 0 Å². The number of rotatable bonds is 3. The number of benzene rings is 2. The average Bonchev–Trinajstić information content (AvgIpc) is 2.47. The van der Waals surface area contributed by atoms with Crippen LogP contribution in [0.2, 0.25) is 5.02 Å². The molecule has 2 amide bonds. The van der Waals surface area contributed by atoms with Crippen molar-refractivity contribution in [2.45, 2.75) is 19.3 Å². The van der Waals surface area contributed by atoms with Gasteiger partial charge in [0.05, 0.1) is 6.42 Å². The SMILES string of the molecule is O=C(Cc1ccc2c(c1)CCC(=O)N2)Nc1cccc(Cl)c1. The van der Waals surface area contributed by atoms with E-state index in [1.54, 1.807) is 24.3 Å². The van der Waals surface area contributed by atoms with Crippen molar-refractivity contribution in [3.05, 3.63) is 58.6 Å². The molecule has 1 aliphatic heterocycles. The molecule has 112 valence electrons. The van der Waals surface area contributed by atoms with Crippen molar-refractivity contribution < 1.29 is 9.59 Å². The number of hydrogen-bond acceptors (Lipinski definition) is 2. The quantitative estimate of drug-likeness (QED) is 0.912. The number of carbonyl (C=O) groups is 2. The van der Waals surface area contributed by atoms with E-state index >= 15 is 0 Å². The predicted octanol–water partition coefficient (Wildman–Crippen LogP) is 3.41. The zero-order chi connectivity index (χ0) is 15.5. The fourth-order valence-corrected chi connectivity index (χ4v) is 2.69. The largest absolute Gasteiger partial charge is 0.326 e. The molecule has 3 rings (SSSR count). The second-order valence-corrected chi connectivity index (χ2v) is 5.71. The predicted molar refractivity (Wildman–Crippen MR) is 87.2 cm³/mol. The summed E-state index contributed by atoms with van der Waals surface area (Å²) in [6.45, 7) is 0. The third-order valence-electron chi connectivity index (χ3n) is 3.54. The number of anilines is 2. The number of hydrogen-bond donors (Lipinski definition) is 2. The maximum atomic E-state index is 12.1. The first kappa shape index (κ1) is 14.6. The summed E-state index contributed by atoms with van der Waals surface area (Å²) in [4.78, 5) is 23.4. The van der Waals surface area contributed by atoms with Gasteiger partial charge in [-0.05, 0) is 41.8 Å². The molecule has 0 saturated carbocycles. The molecular formula is C17H15ClN2O2. The van der Waals surface area contributed by atoms with Gasteiger partial charge in [0.2, 0.25) is 11.8 Å². The van der Waals surface area contributed by atoms with Gasteiger partial charge >= 0.3 is 0 Å². The first-order valence-electron chi connectivity index (χ1n) is 7.07. The highest BCUT2D eigenvalue weighted by molar-refractivity contribution is 6.30. The zero-order valence-electron chi connectivity index (χ0n) is 11.9. The van der Waals surface area contributed by atoms with E-state index in [1.165, 1.54) is 0 Å². The highest BCUT2D eigenvalue weighted by Gasteiger charge is 2.15. The molecule has 2 aromatic carbocycles. The lowest BCUT2D eigenvalue weighted by atomic mass is 9.99. The smallest absolute Gasteiger partial charge is 0.228 e. The fraction of sp³-hybridized carbons (Fsp3) is 0.176. The molecule has 1 aliphatic rings. The minimum atomic E-state index is -0.0953. The standard InChI is InChI=1S/C17H15ClN2O2/c18-13-2-1-3-14(10-13)19-17(22)9-11-4-6-15-12(8-11)5-7-16(21)20-15/h1-4,6,8,10H,5,7,9H2,(H,19,22)(H,20,21). The van der Waals surface area contributed by atoms with E-state index in [4.69, 9.17) is 11.6 Å². The summed E-state index contributed by atoms with van der Waals surface area (Å²) in [5, 5.41) is 6.24. The van der Waals surface area contributed by atoms with Gasteiger partial charge in [-0.2, -0.15) is 0 Å². The monoisotopic (exact) mass is 314 g/mol. The van der Waals surface area contributed by atoms with E-state index in [-0.39, 0.29) is 18.2 Å². The highest BCUT2D eigenvalue weighted by Crippen LogP contribution is 2.24. The van der Waals surface area contributed by atoms with Crippen molar-refractivity contribution in [3.8, 4) is 0 Å². The van der Waals surface area contributed by atoms with Crippen molar-refractivity contribution in [1.29, 1.82) is 0 Å². The van der Waals surface area contributed by atoms with E-state index in [9.17, 15) is 9.59 Å². The molecule has 1 heterocycles. The van der Waals surface area contributed by atoms with Crippen LogP contribution < -0.4 is 10.6 Å². The van der Waals surface area contributed by atoms with Gasteiger partial charge < -0.3 is 10.6 Å².